The van der Waals surface area contributed by atoms with Gasteiger partial charge in [-0.15, -0.1) is 0 Å². The maximum atomic E-state index is 5.66. The molecule has 2 nitrogen and oxygen atoms in total. The predicted octanol–water partition coefficient (Wildman–Crippen LogP) is 3.53. The Morgan fingerprint density at radius 1 is 1.24 bits per heavy atom. The minimum Gasteiger partial charge on any atom is -0.496 e. The highest BCUT2D eigenvalue weighted by Crippen LogP contribution is 2.29. The Morgan fingerprint density at radius 2 is 1.94 bits per heavy atom. The lowest BCUT2D eigenvalue weighted by molar-refractivity contribution is 0.212. The second-order valence-electron chi connectivity index (χ2n) is 3.95. The van der Waals surface area contributed by atoms with E-state index in [1.165, 1.54) is 0 Å². The van der Waals surface area contributed by atoms with E-state index in [-0.39, 0.29) is 6.04 Å². The van der Waals surface area contributed by atoms with Crippen LogP contribution in [0.1, 0.15) is 20.3 Å². The van der Waals surface area contributed by atoms with Gasteiger partial charge in [-0.1, -0.05) is 37.3 Å². The Morgan fingerprint density at radius 3 is 2.53 bits per heavy atom. The highest BCUT2D eigenvalue weighted by molar-refractivity contribution is 7.81. The van der Waals surface area contributed by atoms with Crippen LogP contribution in [0, 0.1) is 0 Å². The zero-order chi connectivity index (χ0) is 12.3. The molecule has 0 N–H and O–H groups in total. The molecule has 1 aliphatic heterocycles. The van der Waals surface area contributed by atoms with Crippen molar-refractivity contribution >= 4 is 22.9 Å². The Balaban J connectivity index is 2.28. The Bertz CT molecular complexity index is 427. The van der Waals surface area contributed by atoms with Crippen LogP contribution in [-0.2, 0) is 4.74 Å². The SMILES string of the molecule is CCOC1=CC(=S)N(c2ccccc2)C1CC. The van der Waals surface area contributed by atoms with E-state index in [9.17, 15) is 0 Å². The first-order valence-corrected chi connectivity index (χ1v) is 6.41. The molecule has 1 aliphatic rings. The minimum absolute atomic E-state index is 0.241. The molecule has 0 amide bonds. The van der Waals surface area contributed by atoms with Gasteiger partial charge < -0.3 is 9.64 Å². The summed E-state index contributed by atoms with van der Waals surface area (Å²) in [5, 5.41) is 0. The molecule has 0 saturated heterocycles. The summed E-state index contributed by atoms with van der Waals surface area (Å²) in [5.74, 6) is 0.990. The third kappa shape index (κ3) is 2.34. The molecule has 0 spiro atoms. The fourth-order valence-electron chi connectivity index (χ4n) is 2.15. The Kier molecular flexibility index (Phi) is 3.79. The van der Waals surface area contributed by atoms with Gasteiger partial charge in [0.1, 0.15) is 10.7 Å². The minimum atomic E-state index is 0.241. The summed E-state index contributed by atoms with van der Waals surface area (Å²) in [6, 6.07) is 10.5. The van der Waals surface area contributed by atoms with Crippen molar-refractivity contribution in [1.29, 1.82) is 0 Å². The lowest BCUT2D eigenvalue weighted by atomic mass is 10.1. The number of para-hydroxylation sites is 1. The first-order chi connectivity index (χ1) is 8.27. The fraction of sp³-hybridized carbons (Fsp3) is 0.357. The van der Waals surface area contributed by atoms with E-state index in [1.807, 2.05) is 31.2 Å². The maximum Gasteiger partial charge on any atom is 0.122 e. The summed E-state index contributed by atoms with van der Waals surface area (Å²) in [6.45, 7) is 4.84. The summed E-state index contributed by atoms with van der Waals surface area (Å²) in [4.78, 5) is 3.01. The number of hydrogen-bond donors (Lipinski definition) is 0. The van der Waals surface area contributed by atoms with Gasteiger partial charge in [0.15, 0.2) is 0 Å². The average Bonchev–Trinajstić information content (AvgIpc) is 2.67. The monoisotopic (exact) mass is 247 g/mol. The van der Waals surface area contributed by atoms with Crippen molar-refractivity contribution in [1.82, 2.24) is 0 Å². The van der Waals surface area contributed by atoms with Crippen molar-refractivity contribution in [2.45, 2.75) is 26.3 Å². The summed E-state index contributed by atoms with van der Waals surface area (Å²) < 4.78 is 5.66. The number of anilines is 1. The molecular formula is C14H17NOS. The van der Waals surface area contributed by atoms with Crippen molar-refractivity contribution in [2.75, 3.05) is 11.5 Å². The first-order valence-electron chi connectivity index (χ1n) is 6.00. The zero-order valence-electron chi connectivity index (χ0n) is 10.2. The molecule has 0 fully saturated rings. The molecule has 0 saturated carbocycles. The standard InChI is InChI=1S/C14H17NOS/c1-3-12-13(16-4-2)10-14(17)15(12)11-8-6-5-7-9-11/h5-10,12H,3-4H2,1-2H3. The van der Waals surface area contributed by atoms with Crippen LogP contribution >= 0.6 is 12.2 Å². The molecule has 1 heterocycles. The molecule has 1 aromatic carbocycles. The average molecular weight is 247 g/mol. The van der Waals surface area contributed by atoms with Crippen LogP contribution in [0.15, 0.2) is 42.2 Å². The molecule has 0 aromatic heterocycles. The number of rotatable bonds is 4. The normalized spacial score (nSPS) is 19.4. The van der Waals surface area contributed by atoms with E-state index in [0.717, 1.165) is 22.9 Å². The van der Waals surface area contributed by atoms with Crippen LogP contribution in [0.4, 0.5) is 5.69 Å². The van der Waals surface area contributed by atoms with E-state index >= 15 is 0 Å². The first kappa shape index (κ1) is 12.1. The van der Waals surface area contributed by atoms with Gasteiger partial charge in [-0.05, 0) is 25.5 Å². The summed E-state index contributed by atoms with van der Waals surface area (Å²) >= 11 is 5.43. The third-order valence-corrected chi connectivity index (χ3v) is 3.19. The molecular weight excluding hydrogens is 230 g/mol. The van der Waals surface area contributed by atoms with E-state index in [4.69, 9.17) is 17.0 Å². The topological polar surface area (TPSA) is 12.5 Å². The van der Waals surface area contributed by atoms with Gasteiger partial charge in [0.2, 0.25) is 0 Å². The molecule has 1 atom stereocenters. The fourth-order valence-corrected chi connectivity index (χ4v) is 2.50. The number of ether oxygens (including phenoxy) is 1. The third-order valence-electron chi connectivity index (χ3n) is 2.88. The smallest absolute Gasteiger partial charge is 0.122 e. The largest absolute Gasteiger partial charge is 0.496 e. The number of benzene rings is 1. The lowest BCUT2D eigenvalue weighted by Gasteiger charge is -2.27. The number of thiocarbonyl (C=S) groups is 1. The van der Waals surface area contributed by atoms with Gasteiger partial charge in [-0.25, -0.2) is 0 Å². The molecule has 0 bridgehead atoms. The highest BCUT2D eigenvalue weighted by Gasteiger charge is 2.31. The van der Waals surface area contributed by atoms with Crippen LogP contribution in [0.3, 0.4) is 0 Å². The molecule has 17 heavy (non-hydrogen) atoms. The molecule has 90 valence electrons. The summed E-state index contributed by atoms with van der Waals surface area (Å²) in [6.07, 6.45) is 2.96. The van der Waals surface area contributed by atoms with Crippen molar-refractivity contribution in [3.05, 3.63) is 42.2 Å². The van der Waals surface area contributed by atoms with Crippen molar-refractivity contribution in [3.63, 3.8) is 0 Å². The summed E-state index contributed by atoms with van der Waals surface area (Å²) in [5.41, 5.74) is 1.13. The highest BCUT2D eigenvalue weighted by atomic mass is 32.1. The summed E-state index contributed by atoms with van der Waals surface area (Å²) in [7, 11) is 0. The predicted molar refractivity (Wildman–Crippen MR) is 75.3 cm³/mol. The van der Waals surface area contributed by atoms with Crippen LogP contribution in [0.25, 0.3) is 0 Å². The zero-order valence-corrected chi connectivity index (χ0v) is 11.0. The molecule has 0 radical (unpaired) electrons. The second-order valence-corrected chi connectivity index (χ2v) is 4.37. The van der Waals surface area contributed by atoms with Gasteiger partial charge >= 0.3 is 0 Å². The Labute approximate surface area is 108 Å². The molecule has 0 aliphatic carbocycles. The van der Waals surface area contributed by atoms with Gasteiger partial charge in [-0.3, -0.25) is 0 Å². The van der Waals surface area contributed by atoms with Gasteiger partial charge in [0.05, 0.1) is 12.6 Å². The number of hydrogen-bond acceptors (Lipinski definition) is 2. The van der Waals surface area contributed by atoms with Crippen LogP contribution < -0.4 is 4.90 Å². The number of nitrogens with zero attached hydrogens (tertiary/aromatic N) is 1. The molecule has 2 rings (SSSR count). The van der Waals surface area contributed by atoms with Crippen molar-refractivity contribution in [2.24, 2.45) is 0 Å². The van der Waals surface area contributed by atoms with Crippen molar-refractivity contribution < 1.29 is 4.74 Å². The van der Waals surface area contributed by atoms with E-state index in [0.29, 0.717) is 6.61 Å². The van der Waals surface area contributed by atoms with Crippen LogP contribution in [0.2, 0.25) is 0 Å². The van der Waals surface area contributed by atoms with Crippen LogP contribution in [0.5, 0.6) is 0 Å². The second kappa shape index (κ2) is 5.32. The van der Waals surface area contributed by atoms with E-state index in [2.05, 4.69) is 24.0 Å². The lowest BCUT2D eigenvalue weighted by Crippen LogP contribution is -2.34. The van der Waals surface area contributed by atoms with Crippen LogP contribution in [-0.4, -0.2) is 17.6 Å². The van der Waals surface area contributed by atoms with Gasteiger partial charge in [0.25, 0.3) is 0 Å². The van der Waals surface area contributed by atoms with E-state index in [1.54, 1.807) is 0 Å². The van der Waals surface area contributed by atoms with Crippen molar-refractivity contribution in [3.8, 4) is 0 Å². The maximum absolute atomic E-state index is 5.66. The molecule has 3 heteroatoms. The van der Waals surface area contributed by atoms with Gasteiger partial charge in [0, 0.05) is 11.8 Å². The van der Waals surface area contributed by atoms with E-state index < -0.39 is 0 Å². The van der Waals surface area contributed by atoms with Gasteiger partial charge in [-0.2, -0.15) is 0 Å². The Hall–Kier alpha value is -1.35. The quantitative estimate of drug-likeness (QED) is 0.755. The molecule has 1 aromatic rings. The molecule has 1 unspecified atom stereocenters.